The third kappa shape index (κ3) is 2.51. The van der Waals surface area contributed by atoms with Gasteiger partial charge in [0.15, 0.2) is 5.82 Å². The summed E-state index contributed by atoms with van der Waals surface area (Å²) in [6, 6.07) is 9.78. The van der Waals surface area contributed by atoms with Crippen LogP contribution in [0.15, 0.2) is 62.1 Å². The van der Waals surface area contributed by atoms with Crippen molar-refractivity contribution in [2.75, 3.05) is 5.73 Å². The lowest BCUT2D eigenvalue weighted by atomic mass is 9.98. The lowest BCUT2D eigenvalue weighted by molar-refractivity contribution is -0.116. The van der Waals surface area contributed by atoms with E-state index in [-0.39, 0.29) is 11.9 Å². The molecular weight excluding hydrogens is 364 g/mol. The Labute approximate surface area is 166 Å². The molecule has 29 heavy (non-hydrogen) atoms. The van der Waals surface area contributed by atoms with Crippen molar-refractivity contribution in [1.29, 1.82) is 0 Å². The number of para-hydroxylation sites is 1. The van der Waals surface area contributed by atoms with Crippen molar-refractivity contribution in [3.63, 3.8) is 0 Å². The first kappa shape index (κ1) is 17.1. The smallest absolute Gasteiger partial charge is 0.243 e. The van der Waals surface area contributed by atoms with Gasteiger partial charge in [-0.25, -0.2) is 9.50 Å². The molecule has 7 heteroatoms. The Balaban J connectivity index is 1.77. The molecule has 0 fully saturated rings. The second kappa shape index (κ2) is 6.27. The number of nitrogens with zero attached hydrogens (tertiary/aromatic N) is 4. The number of aromatic nitrogens is 4. The molecule has 1 amide bonds. The lowest BCUT2D eigenvalue weighted by Gasteiger charge is -2.15. The zero-order valence-corrected chi connectivity index (χ0v) is 15.6. The molecule has 0 unspecified atom stereocenters. The van der Waals surface area contributed by atoms with Crippen LogP contribution in [0.4, 0.5) is 5.82 Å². The number of rotatable bonds is 3. The quantitative estimate of drug-likeness (QED) is 0.531. The van der Waals surface area contributed by atoms with E-state index in [0.717, 1.165) is 44.4 Å². The molecule has 142 valence electrons. The van der Waals surface area contributed by atoms with Gasteiger partial charge in [-0.05, 0) is 23.8 Å². The van der Waals surface area contributed by atoms with Gasteiger partial charge in [-0.2, -0.15) is 5.10 Å². The fourth-order valence-corrected chi connectivity index (χ4v) is 4.06. The first-order valence-corrected chi connectivity index (χ1v) is 9.19. The van der Waals surface area contributed by atoms with Crippen LogP contribution in [0, 0.1) is 0 Å². The highest BCUT2D eigenvalue weighted by molar-refractivity contribution is 6.01. The minimum Gasteiger partial charge on any atom is -0.382 e. The minimum absolute atomic E-state index is 0.231. The number of anilines is 1. The molecule has 1 aliphatic rings. The third-order valence-corrected chi connectivity index (χ3v) is 5.37. The highest BCUT2D eigenvalue weighted by Gasteiger charge is 2.35. The first-order valence-electron chi connectivity index (χ1n) is 9.19. The molecular formula is C22H18N6O. The maximum atomic E-state index is 11.9. The van der Waals surface area contributed by atoms with Gasteiger partial charge < -0.3 is 11.1 Å². The van der Waals surface area contributed by atoms with Crippen LogP contribution in [0.1, 0.15) is 11.3 Å². The number of benzene rings is 1. The number of fused-ring (bicyclic) bond motifs is 4. The molecule has 3 heterocycles. The van der Waals surface area contributed by atoms with E-state index in [1.807, 2.05) is 30.5 Å². The number of carbonyl (C=O) groups excluding carboxylic acids is 1. The normalized spacial score (nSPS) is 15.6. The zero-order chi connectivity index (χ0) is 20.1. The Morgan fingerprint density at radius 1 is 1.28 bits per heavy atom. The summed E-state index contributed by atoms with van der Waals surface area (Å²) in [5, 5.41) is 8.38. The summed E-state index contributed by atoms with van der Waals surface area (Å²) in [4.78, 5) is 20.7. The van der Waals surface area contributed by atoms with E-state index in [2.05, 4.69) is 39.6 Å². The van der Waals surface area contributed by atoms with Crippen molar-refractivity contribution in [3.05, 3.63) is 73.3 Å². The van der Waals surface area contributed by atoms with Gasteiger partial charge in [0.25, 0.3) is 0 Å². The largest absolute Gasteiger partial charge is 0.382 e. The number of hydrogen-bond acceptors (Lipinski definition) is 5. The predicted octanol–water partition coefficient (Wildman–Crippen LogP) is 2.77. The number of nitrogens with two attached hydrogens (primary N) is 1. The fraction of sp³-hybridized carbons (Fsp3) is 0.0909. The van der Waals surface area contributed by atoms with Crippen molar-refractivity contribution in [1.82, 2.24) is 24.9 Å². The van der Waals surface area contributed by atoms with Gasteiger partial charge in [-0.15, -0.1) is 0 Å². The monoisotopic (exact) mass is 382 g/mol. The number of carbonyl (C=O) groups is 1. The summed E-state index contributed by atoms with van der Waals surface area (Å²) in [6.45, 7) is 7.79. The highest BCUT2D eigenvalue weighted by atomic mass is 16.1. The Bertz CT molecular complexity index is 1340. The van der Waals surface area contributed by atoms with Gasteiger partial charge in [0, 0.05) is 34.7 Å². The maximum Gasteiger partial charge on any atom is 0.243 e. The van der Waals surface area contributed by atoms with Crippen molar-refractivity contribution in [2.45, 2.75) is 12.5 Å². The van der Waals surface area contributed by atoms with Crippen LogP contribution in [0.25, 0.3) is 33.1 Å². The highest BCUT2D eigenvalue weighted by Crippen LogP contribution is 2.44. The van der Waals surface area contributed by atoms with Crippen LogP contribution in [0.3, 0.4) is 0 Å². The summed E-state index contributed by atoms with van der Waals surface area (Å²) in [5.74, 6) is 0.149. The van der Waals surface area contributed by atoms with E-state index in [0.29, 0.717) is 12.2 Å². The first-order chi connectivity index (χ1) is 14.1. The standard InChI is InChI=1S/C22H18N6O/c1-3-18(29)27-16-9-17-19(12(16)2)20(21-22(23)25-11-26-28(17)21)14-8-13-6-4-5-7-15(13)24-10-14/h3-8,10-11,16H,1-2,9H2,(H,27,29)(H2,23,25,26)/t16-/m1/s1. The van der Waals surface area contributed by atoms with E-state index >= 15 is 0 Å². The number of nitrogens with one attached hydrogen (secondary N) is 1. The number of amides is 1. The molecule has 3 N–H and O–H groups in total. The van der Waals surface area contributed by atoms with Gasteiger partial charge >= 0.3 is 0 Å². The van der Waals surface area contributed by atoms with Crippen LogP contribution < -0.4 is 11.1 Å². The van der Waals surface area contributed by atoms with Gasteiger partial charge in [-0.3, -0.25) is 9.78 Å². The van der Waals surface area contributed by atoms with Gasteiger partial charge in [0.05, 0.1) is 17.3 Å². The second-order valence-electron chi connectivity index (χ2n) is 7.01. The molecule has 5 rings (SSSR count). The van der Waals surface area contributed by atoms with Crippen molar-refractivity contribution in [2.24, 2.45) is 0 Å². The lowest BCUT2D eigenvalue weighted by Crippen LogP contribution is -2.33. The third-order valence-electron chi connectivity index (χ3n) is 5.37. The summed E-state index contributed by atoms with van der Waals surface area (Å²) in [7, 11) is 0. The molecule has 0 radical (unpaired) electrons. The van der Waals surface area contributed by atoms with E-state index < -0.39 is 0 Å². The Morgan fingerprint density at radius 3 is 2.93 bits per heavy atom. The van der Waals surface area contributed by atoms with Crippen molar-refractivity contribution < 1.29 is 4.79 Å². The molecule has 0 aliphatic heterocycles. The molecule has 4 aromatic rings. The summed E-state index contributed by atoms with van der Waals surface area (Å²) in [5.41, 5.74) is 12.4. The SMILES string of the molecule is C=CC(=O)N[C@@H]1Cc2c(c(-c3cnc4ccccc4c3)c3c(N)ncnn23)C1=C. The van der Waals surface area contributed by atoms with E-state index in [4.69, 9.17) is 5.73 Å². The zero-order valence-electron chi connectivity index (χ0n) is 15.6. The average molecular weight is 382 g/mol. The molecule has 1 aliphatic carbocycles. The molecule has 0 spiro atoms. The Hall–Kier alpha value is -4.00. The summed E-state index contributed by atoms with van der Waals surface area (Å²) in [6.07, 6.45) is 5.08. The summed E-state index contributed by atoms with van der Waals surface area (Å²) >= 11 is 0. The summed E-state index contributed by atoms with van der Waals surface area (Å²) < 4.78 is 1.80. The molecule has 0 saturated carbocycles. The fourth-order valence-electron chi connectivity index (χ4n) is 4.06. The Kier molecular flexibility index (Phi) is 3.70. The number of nitrogen functional groups attached to an aromatic ring is 1. The Morgan fingerprint density at radius 2 is 2.10 bits per heavy atom. The van der Waals surface area contributed by atoms with Crippen LogP contribution >= 0.6 is 0 Å². The van der Waals surface area contributed by atoms with Crippen molar-refractivity contribution >= 4 is 33.7 Å². The topological polar surface area (TPSA) is 98.2 Å². The second-order valence-corrected chi connectivity index (χ2v) is 7.01. The molecule has 1 aromatic carbocycles. The minimum atomic E-state index is -0.237. The van der Waals surface area contributed by atoms with Gasteiger partial charge in [-0.1, -0.05) is 31.4 Å². The predicted molar refractivity (Wildman–Crippen MR) is 113 cm³/mol. The van der Waals surface area contributed by atoms with Crippen LogP contribution in [-0.2, 0) is 11.2 Å². The number of pyridine rings is 1. The molecule has 1 atom stereocenters. The van der Waals surface area contributed by atoms with E-state index in [1.165, 1.54) is 12.4 Å². The van der Waals surface area contributed by atoms with Gasteiger partial charge in [0.2, 0.25) is 5.91 Å². The van der Waals surface area contributed by atoms with Crippen molar-refractivity contribution in [3.8, 4) is 11.1 Å². The van der Waals surface area contributed by atoms with Gasteiger partial charge in [0.1, 0.15) is 11.8 Å². The molecule has 0 bridgehead atoms. The van der Waals surface area contributed by atoms with E-state index in [1.54, 1.807) is 4.52 Å². The van der Waals surface area contributed by atoms with Crippen LogP contribution in [-0.4, -0.2) is 31.5 Å². The molecule has 0 saturated heterocycles. The van der Waals surface area contributed by atoms with Crippen LogP contribution in [0.5, 0.6) is 0 Å². The molecule has 3 aromatic heterocycles. The van der Waals surface area contributed by atoms with E-state index in [9.17, 15) is 4.79 Å². The average Bonchev–Trinajstić information content (AvgIpc) is 3.23. The number of hydrogen-bond donors (Lipinski definition) is 2. The van der Waals surface area contributed by atoms with Crippen LogP contribution in [0.2, 0.25) is 0 Å². The molecule has 7 nitrogen and oxygen atoms in total. The maximum absolute atomic E-state index is 11.9.